The van der Waals surface area contributed by atoms with E-state index < -0.39 is 11.6 Å². The SMILES string of the molecule is CN(C)CCN1c2nc(OCC3(CN4CCOCC4)CC3)nc3c(F)c(-c4ccc(F)c5sc(N)c(C#N)c45)c(Cl)c(c23)OCCC12CCC2. The van der Waals surface area contributed by atoms with Crippen molar-refractivity contribution in [1.29, 1.82) is 5.26 Å². The van der Waals surface area contributed by atoms with E-state index in [2.05, 4.69) is 20.8 Å². The Kier molecular flexibility index (Phi) is 8.67. The van der Waals surface area contributed by atoms with E-state index in [1.807, 2.05) is 14.1 Å². The van der Waals surface area contributed by atoms with Gasteiger partial charge in [0, 0.05) is 61.0 Å². The number of nitrogen functional groups attached to an aromatic ring is 1. The molecular weight excluding hydrogens is 684 g/mol. The molecule has 10 nitrogen and oxygen atoms in total. The Morgan fingerprint density at radius 3 is 2.56 bits per heavy atom. The van der Waals surface area contributed by atoms with Crippen LogP contribution in [0.4, 0.5) is 19.6 Å². The average molecular weight is 724 g/mol. The Bertz CT molecular complexity index is 2020. The predicted octanol–water partition coefficient (Wildman–Crippen LogP) is 6.46. The average Bonchev–Trinajstić information content (AvgIpc) is 3.75. The number of ether oxygens (including phenoxy) is 3. The molecule has 0 amide bonds. The summed E-state index contributed by atoms with van der Waals surface area (Å²) in [6.07, 6.45) is 5.78. The number of hydrogen-bond donors (Lipinski definition) is 1. The van der Waals surface area contributed by atoms with Crippen LogP contribution in [0.1, 0.15) is 44.1 Å². The van der Waals surface area contributed by atoms with Crippen LogP contribution in [0.2, 0.25) is 5.02 Å². The molecule has 50 heavy (non-hydrogen) atoms. The van der Waals surface area contributed by atoms with Crippen molar-refractivity contribution in [2.24, 2.45) is 5.41 Å². The molecule has 1 spiro atoms. The summed E-state index contributed by atoms with van der Waals surface area (Å²) < 4.78 is 51.1. The fourth-order valence-corrected chi connectivity index (χ4v) is 9.09. The van der Waals surface area contributed by atoms with E-state index in [-0.39, 0.29) is 65.0 Å². The number of thiophene rings is 1. The molecule has 0 atom stereocenters. The van der Waals surface area contributed by atoms with Crippen LogP contribution in [0, 0.1) is 28.4 Å². The first-order valence-corrected chi connectivity index (χ1v) is 18.4. The maximum atomic E-state index is 17.4. The van der Waals surface area contributed by atoms with E-state index in [1.54, 1.807) is 0 Å². The summed E-state index contributed by atoms with van der Waals surface area (Å²) in [6.45, 7) is 6.28. The number of aromatic nitrogens is 2. The second-order valence-corrected chi connectivity index (χ2v) is 15.9. The van der Waals surface area contributed by atoms with E-state index in [0.29, 0.717) is 31.0 Å². The highest BCUT2D eigenvalue weighted by molar-refractivity contribution is 7.23. The lowest BCUT2D eigenvalue weighted by atomic mass is 9.72. The Morgan fingerprint density at radius 1 is 1.10 bits per heavy atom. The summed E-state index contributed by atoms with van der Waals surface area (Å²) in [4.78, 5) is 16.6. The Hall–Kier alpha value is -3.54. The summed E-state index contributed by atoms with van der Waals surface area (Å²) >= 11 is 8.11. The van der Waals surface area contributed by atoms with Crippen LogP contribution >= 0.6 is 22.9 Å². The van der Waals surface area contributed by atoms with E-state index in [9.17, 15) is 5.26 Å². The number of nitrogens with two attached hydrogens (primary N) is 1. The largest absolute Gasteiger partial charge is 0.491 e. The molecule has 2 aromatic carbocycles. The molecule has 14 heteroatoms. The first-order valence-electron chi connectivity index (χ1n) is 17.3. The monoisotopic (exact) mass is 723 g/mol. The second kappa shape index (κ2) is 12.9. The lowest BCUT2D eigenvalue weighted by Gasteiger charge is -2.52. The first kappa shape index (κ1) is 33.6. The number of nitrogens with zero attached hydrogens (tertiary/aromatic N) is 6. The van der Waals surface area contributed by atoms with Crippen LogP contribution in [0.15, 0.2) is 12.1 Å². The molecule has 264 valence electrons. The zero-order chi connectivity index (χ0) is 34.8. The van der Waals surface area contributed by atoms with E-state index in [4.69, 9.17) is 41.5 Å². The number of morpholine rings is 1. The number of fused-ring (bicyclic) bond motifs is 1. The summed E-state index contributed by atoms with van der Waals surface area (Å²) in [5.74, 6) is -0.487. The Balaban J connectivity index is 1.32. The number of benzene rings is 2. The smallest absolute Gasteiger partial charge is 0.319 e. The van der Waals surface area contributed by atoms with Gasteiger partial charge in [0.2, 0.25) is 0 Å². The van der Waals surface area contributed by atoms with Crippen LogP contribution in [-0.4, -0.2) is 98.6 Å². The third-order valence-corrected chi connectivity index (χ3v) is 12.4. The predicted molar refractivity (Wildman–Crippen MR) is 191 cm³/mol. The van der Waals surface area contributed by atoms with Gasteiger partial charge >= 0.3 is 6.01 Å². The van der Waals surface area contributed by atoms with Gasteiger partial charge in [0.1, 0.15) is 28.2 Å². The number of rotatable bonds is 9. The molecule has 2 N–H and O–H groups in total. The van der Waals surface area contributed by atoms with Gasteiger partial charge in [0.15, 0.2) is 11.6 Å². The lowest BCUT2D eigenvalue weighted by Crippen LogP contribution is -2.57. The first-order chi connectivity index (χ1) is 24.1. The van der Waals surface area contributed by atoms with Crippen LogP contribution in [0.3, 0.4) is 0 Å². The molecule has 3 fully saturated rings. The molecule has 0 radical (unpaired) electrons. The minimum atomic E-state index is -0.724. The summed E-state index contributed by atoms with van der Waals surface area (Å²) in [5.41, 5.74) is 6.20. The van der Waals surface area contributed by atoms with Gasteiger partial charge in [-0.05, 0) is 57.8 Å². The molecule has 2 saturated carbocycles. The van der Waals surface area contributed by atoms with Crippen molar-refractivity contribution in [2.45, 2.75) is 44.1 Å². The number of anilines is 2. The van der Waals surface area contributed by atoms with Gasteiger partial charge in [-0.1, -0.05) is 17.7 Å². The summed E-state index contributed by atoms with van der Waals surface area (Å²) in [6, 6.07) is 4.85. The van der Waals surface area contributed by atoms with E-state index >= 15 is 8.78 Å². The molecule has 0 unspecified atom stereocenters. The fraction of sp³-hybridized carbons (Fsp3) is 0.528. The molecule has 2 aliphatic heterocycles. The maximum absolute atomic E-state index is 17.4. The zero-order valence-electron chi connectivity index (χ0n) is 28.3. The van der Waals surface area contributed by atoms with Gasteiger partial charge in [-0.2, -0.15) is 15.2 Å². The van der Waals surface area contributed by atoms with Gasteiger partial charge in [0.05, 0.1) is 47.1 Å². The number of likely N-dealkylation sites (N-methyl/N-ethyl adjacent to an activating group) is 1. The number of halogens is 3. The molecule has 1 saturated heterocycles. The third-order valence-electron chi connectivity index (χ3n) is 11.0. The highest BCUT2D eigenvalue weighted by atomic mass is 35.5. The molecule has 2 aromatic heterocycles. The highest BCUT2D eigenvalue weighted by Gasteiger charge is 2.47. The van der Waals surface area contributed by atoms with Crippen molar-refractivity contribution in [3.05, 3.63) is 34.4 Å². The molecule has 0 bridgehead atoms. The Morgan fingerprint density at radius 2 is 1.88 bits per heavy atom. The van der Waals surface area contributed by atoms with Gasteiger partial charge in [-0.25, -0.2) is 8.78 Å². The normalized spacial score (nSPS) is 19.7. The summed E-state index contributed by atoms with van der Waals surface area (Å²) in [5, 5.41) is 10.7. The molecule has 4 aliphatic rings. The van der Waals surface area contributed by atoms with Crippen molar-refractivity contribution in [3.8, 4) is 29.0 Å². The van der Waals surface area contributed by atoms with E-state index in [1.165, 1.54) is 12.1 Å². The number of hydrogen-bond acceptors (Lipinski definition) is 11. The van der Waals surface area contributed by atoms with Crippen LogP contribution in [-0.2, 0) is 4.74 Å². The van der Waals surface area contributed by atoms with Crippen molar-refractivity contribution < 1.29 is 23.0 Å². The van der Waals surface area contributed by atoms with Crippen molar-refractivity contribution in [3.63, 3.8) is 0 Å². The van der Waals surface area contributed by atoms with Crippen LogP contribution < -0.4 is 20.1 Å². The maximum Gasteiger partial charge on any atom is 0.319 e. The lowest BCUT2D eigenvalue weighted by molar-refractivity contribution is 0.0231. The quantitative estimate of drug-likeness (QED) is 0.207. The third kappa shape index (κ3) is 5.69. The van der Waals surface area contributed by atoms with Gasteiger partial charge in [-0.3, -0.25) is 4.90 Å². The van der Waals surface area contributed by atoms with Crippen molar-refractivity contribution in [1.82, 2.24) is 19.8 Å². The zero-order valence-corrected chi connectivity index (χ0v) is 29.9. The van der Waals surface area contributed by atoms with Crippen molar-refractivity contribution in [2.75, 3.05) is 83.9 Å². The minimum Gasteiger partial charge on any atom is -0.491 e. The Labute approximate surface area is 298 Å². The molecule has 4 aromatic rings. The summed E-state index contributed by atoms with van der Waals surface area (Å²) in [7, 11) is 4.06. The number of nitriles is 1. The standard InChI is InChI=1S/C36H40ClF2N7O3S/c1-44(2)11-12-46-33-26-29(42-34(43-33)49-20-35(8-9-35)19-45-13-16-47-17-14-45)28(39)25(27(37)30(26)48-15-10-36(46)6-3-7-36)21-4-5-23(38)31-24(21)22(18-40)32(41)50-31/h4-5H,3,6-17,19-20,41H2,1-2H3. The van der Waals surface area contributed by atoms with Gasteiger partial charge < -0.3 is 29.7 Å². The van der Waals surface area contributed by atoms with Gasteiger partial charge in [0.25, 0.3) is 0 Å². The highest BCUT2D eigenvalue weighted by Crippen LogP contribution is 2.54. The molecule has 4 heterocycles. The van der Waals surface area contributed by atoms with Gasteiger partial charge in [-0.15, -0.1) is 11.3 Å². The van der Waals surface area contributed by atoms with E-state index in [0.717, 1.165) is 89.3 Å². The van der Waals surface area contributed by atoms with Crippen molar-refractivity contribution >= 4 is 54.7 Å². The fourth-order valence-electron chi connectivity index (χ4n) is 7.80. The topological polar surface area (TPSA) is 113 Å². The van der Waals surface area contributed by atoms with Crippen LogP contribution in [0.5, 0.6) is 11.8 Å². The molecular formula is C36H40ClF2N7O3S. The minimum absolute atomic E-state index is 0.00263. The molecule has 2 aliphatic carbocycles. The molecule has 8 rings (SSSR count). The van der Waals surface area contributed by atoms with Crippen LogP contribution in [0.25, 0.3) is 32.1 Å². The second-order valence-electron chi connectivity index (χ2n) is 14.4.